The van der Waals surface area contributed by atoms with Gasteiger partial charge in [0, 0.05) is 43.2 Å². The standard InChI is InChI=1S/C17H29N3OS/c1-4-6-15(7-5-2)17(21)20-10-8-19(9-11-20)12-16-18-14(3)13-22-16/h13,15H,4-12H2,1-3H3. The zero-order valence-electron chi connectivity index (χ0n) is 14.2. The van der Waals surface area contributed by atoms with Gasteiger partial charge in [-0.1, -0.05) is 26.7 Å². The predicted octanol–water partition coefficient (Wildman–Crippen LogP) is 3.31. The Labute approximate surface area is 138 Å². The van der Waals surface area contributed by atoms with Gasteiger partial charge in [-0.3, -0.25) is 9.69 Å². The number of hydrogen-bond donors (Lipinski definition) is 0. The number of piperazine rings is 1. The first kappa shape index (κ1) is 17.4. The SMILES string of the molecule is CCCC(CCC)C(=O)N1CCN(Cc2nc(C)cs2)CC1. The first-order chi connectivity index (χ1) is 10.6. The van der Waals surface area contributed by atoms with E-state index < -0.39 is 0 Å². The molecule has 5 heteroatoms. The van der Waals surface area contributed by atoms with Crippen molar-refractivity contribution in [2.24, 2.45) is 5.92 Å². The van der Waals surface area contributed by atoms with Gasteiger partial charge in [-0.25, -0.2) is 4.98 Å². The molecule has 1 amide bonds. The third-order valence-corrected chi connectivity index (χ3v) is 5.28. The molecule has 0 spiro atoms. The first-order valence-electron chi connectivity index (χ1n) is 8.56. The fourth-order valence-electron chi connectivity index (χ4n) is 3.14. The van der Waals surface area contributed by atoms with Gasteiger partial charge >= 0.3 is 0 Å². The van der Waals surface area contributed by atoms with Crippen molar-refractivity contribution in [3.8, 4) is 0 Å². The van der Waals surface area contributed by atoms with E-state index >= 15 is 0 Å². The molecule has 4 nitrogen and oxygen atoms in total. The molecule has 124 valence electrons. The number of aryl methyl sites for hydroxylation is 1. The summed E-state index contributed by atoms with van der Waals surface area (Å²) in [4.78, 5) is 21.7. The van der Waals surface area contributed by atoms with Gasteiger partial charge in [-0.05, 0) is 19.8 Å². The summed E-state index contributed by atoms with van der Waals surface area (Å²) in [6.07, 6.45) is 4.26. The first-order valence-corrected chi connectivity index (χ1v) is 9.44. The van der Waals surface area contributed by atoms with Gasteiger partial charge in [0.1, 0.15) is 5.01 Å². The molecule has 0 aliphatic carbocycles. The monoisotopic (exact) mass is 323 g/mol. The van der Waals surface area contributed by atoms with Crippen LogP contribution in [0.2, 0.25) is 0 Å². The summed E-state index contributed by atoms with van der Waals surface area (Å²) in [6.45, 7) is 11.0. The number of aromatic nitrogens is 1. The summed E-state index contributed by atoms with van der Waals surface area (Å²) in [5.74, 6) is 0.622. The zero-order valence-corrected chi connectivity index (χ0v) is 15.0. The van der Waals surface area contributed by atoms with E-state index in [1.807, 2.05) is 6.92 Å². The maximum absolute atomic E-state index is 12.6. The van der Waals surface area contributed by atoms with E-state index in [9.17, 15) is 4.79 Å². The molecule has 1 aliphatic heterocycles. The smallest absolute Gasteiger partial charge is 0.225 e. The number of hydrogen-bond acceptors (Lipinski definition) is 4. The molecule has 0 bridgehead atoms. The molecule has 1 aliphatic rings. The fraction of sp³-hybridized carbons (Fsp3) is 0.765. The second kappa shape index (κ2) is 8.63. The van der Waals surface area contributed by atoms with Crippen LogP contribution in [0.15, 0.2) is 5.38 Å². The molecule has 1 aromatic rings. The van der Waals surface area contributed by atoms with E-state index in [0.29, 0.717) is 5.91 Å². The maximum atomic E-state index is 12.6. The Morgan fingerprint density at radius 2 is 1.86 bits per heavy atom. The molecule has 0 atom stereocenters. The van der Waals surface area contributed by atoms with E-state index in [2.05, 4.69) is 34.0 Å². The highest BCUT2D eigenvalue weighted by Crippen LogP contribution is 2.19. The highest BCUT2D eigenvalue weighted by Gasteiger charge is 2.26. The molecule has 2 heterocycles. The van der Waals surface area contributed by atoms with Crippen LogP contribution in [-0.2, 0) is 11.3 Å². The van der Waals surface area contributed by atoms with Gasteiger partial charge < -0.3 is 4.90 Å². The number of carbonyl (C=O) groups is 1. The van der Waals surface area contributed by atoms with E-state index in [-0.39, 0.29) is 5.92 Å². The minimum absolute atomic E-state index is 0.239. The minimum atomic E-state index is 0.239. The molecule has 0 radical (unpaired) electrons. The van der Waals surface area contributed by atoms with Crippen LogP contribution in [0, 0.1) is 12.8 Å². The summed E-state index contributed by atoms with van der Waals surface area (Å²) in [5, 5.41) is 3.29. The van der Waals surface area contributed by atoms with Crippen molar-refractivity contribution in [3.63, 3.8) is 0 Å². The molecule has 22 heavy (non-hydrogen) atoms. The number of carbonyl (C=O) groups excluding carboxylic acids is 1. The zero-order chi connectivity index (χ0) is 15.9. The van der Waals surface area contributed by atoms with Crippen LogP contribution in [-0.4, -0.2) is 46.9 Å². The molecule has 1 aromatic heterocycles. The number of nitrogens with zero attached hydrogens (tertiary/aromatic N) is 3. The largest absolute Gasteiger partial charge is 0.340 e. The highest BCUT2D eigenvalue weighted by atomic mass is 32.1. The summed E-state index contributed by atoms with van der Waals surface area (Å²) in [7, 11) is 0. The number of amides is 1. The van der Waals surface area contributed by atoms with Gasteiger partial charge in [-0.2, -0.15) is 0 Å². The molecule has 1 fully saturated rings. The average molecular weight is 324 g/mol. The molecule has 2 rings (SSSR count). The molecular formula is C17H29N3OS. The summed E-state index contributed by atoms with van der Waals surface area (Å²) < 4.78 is 0. The van der Waals surface area contributed by atoms with Crippen molar-refractivity contribution in [1.29, 1.82) is 0 Å². The van der Waals surface area contributed by atoms with Gasteiger partial charge in [0.2, 0.25) is 5.91 Å². The van der Waals surface area contributed by atoms with Gasteiger partial charge in [0.05, 0.1) is 6.54 Å². The molecule has 1 saturated heterocycles. The van der Waals surface area contributed by atoms with Crippen LogP contribution in [0.1, 0.15) is 50.2 Å². The summed E-state index contributed by atoms with van der Waals surface area (Å²) >= 11 is 1.74. The Morgan fingerprint density at radius 3 is 2.36 bits per heavy atom. The lowest BCUT2D eigenvalue weighted by Gasteiger charge is -2.36. The van der Waals surface area contributed by atoms with Crippen molar-refractivity contribution in [2.45, 2.75) is 53.0 Å². The Hall–Kier alpha value is -0.940. The van der Waals surface area contributed by atoms with Crippen LogP contribution >= 0.6 is 11.3 Å². The third-order valence-electron chi connectivity index (χ3n) is 4.33. The Bertz CT molecular complexity index is 460. The summed E-state index contributed by atoms with van der Waals surface area (Å²) in [6, 6.07) is 0. The van der Waals surface area contributed by atoms with Gasteiger partial charge in [-0.15, -0.1) is 11.3 Å². The van der Waals surface area contributed by atoms with Crippen molar-refractivity contribution in [1.82, 2.24) is 14.8 Å². The van der Waals surface area contributed by atoms with Gasteiger partial charge in [0.15, 0.2) is 0 Å². The lowest BCUT2D eigenvalue weighted by molar-refractivity contribution is -0.137. The van der Waals surface area contributed by atoms with Crippen LogP contribution in [0.25, 0.3) is 0 Å². The maximum Gasteiger partial charge on any atom is 0.225 e. The fourth-order valence-corrected chi connectivity index (χ4v) is 3.95. The third kappa shape index (κ3) is 4.78. The van der Waals surface area contributed by atoms with E-state index in [1.54, 1.807) is 11.3 Å². The van der Waals surface area contributed by atoms with E-state index in [4.69, 9.17) is 0 Å². The van der Waals surface area contributed by atoms with Crippen molar-refractivity contribution in [2.75, 3.05) is 26.2 Å². The number of rotatable bonds is 7. The highest BCUT2D eigenvalue weighted by molar-refractivity contribution is 7.09. The molecule has 0 saturated carbocycles. The van der Waals surface area contributed by atoms with Crippen molar-refractivity contribution < 1.29 is 4.79 Å². The Morgan fingerprint density at radius 1 is 1.23 bits per heavy atom. The topological polar surface area (TPSA) is 36.4 Å². The number of thiazole rings is 1. The predicted molar refractivity (Wildman–Crippen MR) is 92.0 cm³/mol. The van der Waals surface area contributed by atoms with Crippen LogP contribution in [0.5, 0.6) is 0 Å². The Balaban J connectivity index is 1.81. The summed E-state index contributed by atoms with van der Waals surface area (Å²) in [5.41, 5.74) is 1.11. The quantitative estimate of drug-likeness (QED) is 0.772. The normalized spacial score (nSPS) is 16.5. The molecule has 0 N–H and O–H groups in total. The van der Waals surface area contributed by atoms with Gasteiger partial charge in [0.25, 0.3) is 0 Å². The molecule has 0 aromatic carbocycles. The van der Waals surface area contributed by atoms with Crippen molar-refractivity contribution in [3.05, 3.63) is 16.1 Å². The molecule has 0 unspecified atom stereocenters. The lowest BCUT2D eigenvalue weighted by Crippen LogP contribution is -2.50. The van der Waals surface area contributed by atoms with Crippen LogP contribution in [0.4, 0.5) is 0 Å². The molecular weight excluding hydrogens is 294 g/mol. The second-order valence-electron chi connectivity index (χ2n) is 6.26. The van der Waals surface area contributed by atoms with E-state index in [1.165, 1.54) is 5.01 Å². The second-order valence-corrected chi connectivity index (χ2v) is 7.20. The van der Waals surface area contributed by atoms with Crippen LogP contribution < -0.4 is 0 Å². The van der Waals surface area contributed by atoms with Crippen molar-refractivity contribution >= 4 is 17.2 Å². The lowest BCUT2D eigenvalue weighted by atomic mass is 9.96. The average Bonchev–Trinajstić information content (AvgIpc) is 2.92. The van der Waals surface area contributed by atoms with Crippen LogP contribution in [0.3, 0.4) is 0 Å². The Kier molecular flexibility index (Phi) is 6.83. The van der Waals surface area contributed by atoms with E-state index in [0.717, 1.165) is 64.1 Å². The minimum Gasteiger partial charge on any atom is -0.340 e.